The third-order valence-electron chi connectivity index (χ3n) is 4.69. The molecule has 2 heterocycles. The van der Waals surface area contributed by atoms with Crippen molar-refractivity contribution in [2.45, 2.75) is 6.92 Å². The third-order valence-corrected chi connectivity index (χ3v) is 6.02. The minimum absolute atomic E-state index is 0.0212. The number of aliphatic hydroxyl groups is 1. The summed E-state index contributed by atoms with van der Waals surface area (Å²) in [5.74, 6) is -0.169. The number of aliphatic imine (C=N–C) groups is 1. The van der Waals surface area contributed by atoms with Crippen LogP contribution in [0.5, 0.6) is 0 Å². The summed E-state index contributed by atoms with van der Waals surface area (Å²) < 4.78 is 10.9. The van der Waals surface area contributed by atoms with Crippen molar-refractivity contribution in [1.82, 2.24) is 0 Å². The summed E-state index contributed by atoms with van der Waals surface area (Å²) in [5.41, 5.74) is 0.951. The molecule has 1 aliphatic rings. The Hall–Kier alpha value is -3.82. The molecule has 0 radical (unpaired) electrons. The Balaban J connectivity index is 1.68. The van der Waals surface area contributed by atoms with Crippen LogP contribution in [0, 0.1) is 10.1 Å². The average Bonchev–Trinajstić information content (AvgIpc) is 3.39. The smallest absolute Gasteiger partial charge is 0.344 e. The van der Waals surface area contributed by atoms with Crippen LogP contribution in [0.2, 0.25) is 5.02 Å². The van der Waals surface area contributed by atoms with E-state index in [1.165, 1.54) is 18.2 Å². The zero-order valence-corrected chi connectivity index (χ0v) is 19.3. The average molecular weight is 497 g/mol. The molecule has 3 aromatic rings. The molecule has 0 unspecified atom stereocenters. The molecule has 34 heavy (non-hydrogen) atoms. The van der Waals surface area contributed by atoms with Gasteiger partial charge in [-0.05, 0) is 43.3 Å². The van der Waals surface area contributed by atoms with Crippen molar-refractivity contribution in [3.8, 4) is 11.3 Å². The minimum atomic E-state index is -0.677. The fraction of sp³-hybridized carbons (Fsp3) is 0.0833. The van der Waals surface area contributed by atoms with Gasteiger partial charge in [0, 0.05) is 17.7 Å². The molecule has 1 aliphatic heterocycles. The number of thioether (sulfide) groups is 1. The Morgan fingerprint density at radius 2 is 2.00 bits per heavy atom. The molecule has 1 N–H and O–H groups in total. The van der Waals surface area contributed by atoms with Crippen LogP contribution in [-0.2, 0) is 9.53 Å². The van der Waals surface area contributed by atoms with Crippen molar-refractivity contribution < 1.29 is 24.0 Å². The number of non-ortho nitro benzene ring substituents is 1. The van der Waals surface area contributed by atoms with Gasteiger partial charge in [-0.1, -0.05) is 41.6 Å². The molecule has 0 saturated carbocycles. The Morgan fingerprint density at radius 3 is 2.68 bits per heavy atom. The van der Waals surface area contributed by atoms with Crippen LogP contribution in [0.1, 0.15) is 12.7 Å². The topological polar surface area (TPSA) is 115 Å². The largest absolute Gasteiger partial charge is 0.506 e. The van der Waals surface area contributed by atoms with Gasteiger partial charge >= 0.3 is 5.97 Å². The number of nitro groups is 1. The van der Waals surface area contributed by atoms with Crippen molar-refractivity contribution >= 4 is 51.8 Å². The molecule has 0 bridgehead atoms. The Kier molecular flexibility index (Phi) is 6.85. The number of halogens is 1. The first-order chi connectivity index (χ1) is 16.4. The molecule has 0 atom stereocenters. The number of esters is 1. The summed E-state index contributed by atoms with van der Waals surface area (Å²) in [7, 11) is 0. The van der Waals surface area contributed by atoms with Crippen molar-refractivity contribution in [3.63, 3.8) is 0 Å². The fourth-order valence-electron chi connectivity index (χ4n) is 3.13. The van der Waals surface area contributed by atoms with Gasteiger partial charge in [-0.15, -0.1) is 0 Å². The first-order valence-corrected chi connectivity index (χ1v) is 11.3. The predicted octanol–water partition coefficient (Wildman–Crippen LogP) is 6.70. The van der Waals surface area contributed by atoms with E-state index in [-0.39, 0.29) is 28.6 Å². The number of hydrogen-bond acceptors (Lipinski definition) is 8. The van der Waals surface area contributed by atoms with E-state index in [0.717, 1.165) is 11.8 Å². The lowest BCUT2D eigenvalue weighted by Gasteiger charge is -2.03. The van der Waals surface area contributed by atoms with E-state index in [0.29, 0.717) is 32.7 Å². The van der Waals surface area contributed by atoms with Gasteiger partial charge in [0.1, 0.15) is 27.9 Å². The molecule has 8 nitrogen and oxygen atoms in total. The van der Waals surface area contributed by atoms with Gasteiger partial charge in [0.2, 0.25) is 0 Å². The van der Waals surface area contributed by atoms with Crippen LogP contribution in [0.3, 0.4) is 0 Å². The SMILES string of the molecule is CCOC(=O)C1=C(O)C(=Cc2ccc(-c3ccc([N+](=O)[O-])cc3Cl)o2)SC1=Nc1ccccc1. The van der Waals surface area contributed by atoms with Gasteiger partial charge in [0.05, 0.1) is 27.1 Å². The summed E-state index contributed by atoms with van der Waals surface area (Å²) in [6.45, 7) is 1.82. The first-order valence-electron chi connectivity index (χ1n) is 10.1. The highest BCUT2D eigenvalue weighted by Crippen LogP contribution is 2.41. The van der Waals surface area contributed by atoms with E-state index in [4.69, 9.17) is 20.8 Å². The van der Waals surface area contributed by atoms with Crippen molar-refractivity contribution in [2.75, 3.05) is 6.61 Å². The molecule has 0 fully saturated rings. The highest BCUT2D eigenvalue weighted by molar-refractivity contribution is 8.18. The minimum Gasteiger partial charge on any atom is -0.506 e. The summed E-state index contributed by atoms with van der Waals surface area (Å²) in [4.78, 5) is 27.8. The fourth-order valence-corrected chi connectivity index (χ4v) is 4.42. The maximum atomic E-state index is 12.5. The zero-order chi connectivity index (χ0) is 24.2. The Morgan fingerprint density at radius 1 is 1.24 bits per heavy atom. The van der Waals surface area contributed by atoms with Crippen LogP contribution in [0.25, 0.3) is 17.4 Å². The van der Waals surface area contributed by atoms with Gasteiger partial charge in [-0.2, -0.15) is 0 Å². The van der Waals surface area contributed by atoms with Crippen molar-refractivity contribution in [1.29, 1.82) is 0 Å². The normalized spacial score (nSPS) is 15.8. The number of hydrogen-bond donors (Lipinski definition) is 1. The van der Waals surface area contributed by atoms with E-state index >= 15 is 0 Å². The Labute approximate surface area is 203 Å². The second-order valence-corrected chi connectivity index (χ2v) is 8.37. The van der Waals surface area contributed by atoms with Gasteiger partial charge < -0.3 is 14.3 Å². The summed E-state index contributed by atoms with van der Waals surface area (Å²) in [6, 6.07) is 16.4. The molecule has 0 spiro atoms. The van der Waals surface area contributed by atoms with E-state index in [2.05, 4.69) is 4.99 Å². The first kappa shape index (κ1) is 23.3. The number of para-hydroxylation sites is 1. The standard InChI is InChI=1S/C24H17ClN2O6S/c1-2-32-24(29)21-22(28)20(34-23(21)26-14-6-4-3-5-7-14)13-16-9-11-19(33-16)17-10-8-15(27(30)31)12-18(17)25/h3-13,28H,2H2,1H3. The van der Waals surface area contributed by atoms with Gasteiger partial charge in [-0.3, -0.25) is 10.1 Å². The number of carbonyl (C=O) groups excluding carboxylic acids is 1. The quantitative estimate of drug-likeness (QED) is 0.229. The third kappa shape index (κ3) is 4.90. The van der Waals surface area contributed by atoms with E-state index in [1.807, 2.05) is 18.2 Å². The van der Waals surface area contributed by atoms with Gasteiger partial charge in [0.25, 0.3) is 5.69 Å². The summed E-state index contributed by atoms with van der Waals surface area (Å²) in [5, 5.41) is 22.2. The molecule has 0 saturated heterocycles. The van der Waals surface area contributed by atoms with Gasteiger partial charge in [0.15, 0.2) is 0 Å². The maximum absolute atomic E-state index is 12.5. The van der Waals surface area contributed by atoms with Crippen molar-refractivity contribution in [2.24, 2.45) is 4.99 Å². The maximum Gasteiger partial charge on any atom is 0.344 e. The molecule has 0 amide bonds. The lowest BCUT2D eigenvalue weighted by atomic mass is 10.1. The van der Waals surface area contributed by atoms with Crippen LogP contribution in [0.15, 0.2) is 86.3 Å². The zero-order valence-electron chi connectivity index (χ0n) is 17.7. The molecule has 1 aromatic heterocycles. The summed E-state index contributed by atoms with van der Waals surface area (Å²) in [6.07, 6.45) is 1.57. The number of carbonyl (C=O) groups is 1. The van der Waals surface area contributed by atoms with Crippen LogP contribution >= 0.6 is 23.4 Å². The van der Waals surface area contributed by atoms with Crippen LogP contribution in [0.4, 0.5) is 11.4 Å². The van der Waals surface area contributed by atoms with E-state index < -0.39 is 10.9 Å². The highest BCUT2D eigenvalue weighted by Gasteiger charge is 2.33. The number of ether oxygens (including phenoxy) is 1. The van der Waals surface area contributed by atoms with Gasteiger partial charge in [-0.25, -0.2) is 9.79 Å². The second-order valence-electron chi connectivity index (χ2n) is 6.93. The number of nitro benzene ring substituents is 1. The lowest BCUT2D eigenvalue weighted by molar-refractivity contribution is -0.384. The number of aliphatic hydroxyl groups excluding tert-OH is 1. The molecular weight excluding hydrogens is 480 g/mol. The van der Waals surface area contributed by atoms with E-state index in [9.17, 15) is 20.0 Å². The molecular formula is C24H17ClN2O6S. The highest BCUT2D eigenvalue weighted by atomic mass is 35.5. The molecule has 172 valence electrons. The Bertz CT molecular complexity index is 1360. The van der Waals surface area contributed by atoms with Crippen molar-refractivity contribution in [3.05, 3.63) is 97.8 Å². The molecule has 10 heteroatoms. The second kappa shape index (κ2) is 9.98. The number of benzene rings is 2. The van der Waals surface area contributed by atoms with Crippen LogP contribution in [-0.4, -0.2) is 27.6 Å². The number of nitrogens with zero attached hydrogens (tertiary/aromatic N) is 2. The molecule has 0 aliphatic carbocycles. The molecule has 2 aromatic carbocycles. The lowest BCUT2D eigenvalue weighted by Crippen LogP contribution is -2.12. The predicted molar refractivity (Wildman–Crippen MR) is 131 cm³/mol. The van der Waals surface area contributed by atoms with Crippen LogP contribution < -0.4 is 0 Å². The number of furan rings is 1. The van der Waals surface area contributed by atoms with E-state index in [1.54, 1.807) is 37.3 Å². The monoisotopic (exact) mass is 496 g/mol. The molecule has 4 rings (SSSR count). The number of rotatable bonds is 6. The summed E-state index contributed by atoms with van der Waals surface area (Å²) >= 11 is 7.30.